The van der Waals surface area contributed by atoms with Crippen LogP contribution < -0.4 is 29.9 Å². The zero-order valence-corrected chi connectivity index (χ0v) is 28.2. The highest BCUT2D eigenvalue weighted by molar-refractivity contribution is 6.06. The van der Waals surface area contributed by atoms with Crippen LogP contribution in [0.25, 0.3) is 22.1 Å². The van der Waals surface area contributed by atoms with Crippen molar-refractivity contribution in [2.45, 2.75) is 70.9 Å². The molecule has 0 aliphatic carbocycles. The first-order valence-electron chi connectivity index (χ1n) is 15.4. The van der Waals surface area contributed by atoms with Gasteiger partial charge in [0.05, 0.1) is 25.9 Å². The molecule has 1 amide bonds. The second-order valence-electron chi connectivity index (χ2n) is 12.3. The third kappa shape index (κ3) is 6.83. The highest BCUT2D eigenvalue weighted by atomic mass is 16.7. The molecule has 1 aliphatic rings. The number of ether oxygens (including phenoxy) is 6. The highest BCUT2D eigenvalue weighted by Gasteiger charge is 2.50. The fourth-order valence-corrected chi connectivity index (χ4v) is 5.84. The molecule has 0 radical (unpaired) electrons. The van der Waals surface area contributed by atoms with Crippen LogP contribution in [0.1, 0.15) is 43.6 Å². The van der Waals surface area contributed by atoms with Crippen molar-refractivity contribution in [3.05, 3.63) is 76.1 Å². The Morgan fingerprint density at radius 2 is 1.71 bits per heavy atom. The topological polar surface area (TPSA) is 155 Å². The second kappa shape index (κ2) is 13.9. The lowest BCUT2D eigenvalue weighted by Crippen LogP contribution is -2.63. The Morgan fingerprint density at radius 3 is 2.38 bits per heavy atom. The van der Waals surface area contributed by atoms with Crippen LogP contribution in [0.5, 0.6) is 23.0 Å². The van der Waals surface area contributed by atoms with Crippen molar-refractivity contribution in [1.82, 2.24) is 0 Å². The van der Waals surface area contributed by atoms with Crippen molar-refractivity contribution in [3.8, 4) is 34.1 Å². The average molecular weight is 664 g/mol. The van der Waals surface area contributed by atoms with Gasteiger partial charge in [0, 0.05) is 29.2 Å². The van der Waals surface area contributed by atoms with E-state index < -0.39 is 41.7 Å². The van der Waals surface area contributed by atoms with E-state index in [1.54, 1.807) is 59.3 Å². The summed E-state index contributed by atoms with van der Waals surface area (Å²) < 4.78 is 40.2. The van der Waals surface area contributed by atoms with Gasteiger partial charge in [0.2, 0.25) is 6.29 Å². The summed E-state index contributed by atoms with van der Waals surface area (Å²) in [6.07, 6.45) is -5.17. The Kier molecular flexibility index (Phi) is 10.0. The smallest absolute Gasteiger partial charge is 0.360 e. The van der Waals surface area contributed by atoms with Crippen LogP contribution in [0.15, 0.2) is 63.8 Å². The maximum Gasteiger partial charge on any atom is 0.360 e. The number of nitrogens with one attached hydrogen (secondary N) is 1. The first-order chi connectivity index (χ1) is 22.8. The Hall–Kier alpha value is -4.62. The molecule has 4 atom stereocenters. The van der Waals surface area contributed by atoms with Crippen molar-refractivity contribution in [2.75, 3.05) is 26.6 Å². The Morgan fingerprint density at radius 1 is 0.958 bits per heavy atom. The maximum atomic E-state index is 13.4. The van der Waals surface area contributed by atoms with Gasteiger partial charge in [-0.15, -0.1) is 0 Å². The van der Waals surface area contributed by atoms with E-state index in [-0.39, 0.29) is 34.4 Å². The van der Waals surface area contributed by atoms with Gasteiger partial charge in [0.25, 0.3) is 5.91 Å². The minimum Gasteiger partial charge on any atom is -0.497 e. The number of hydrogen-bond acceptors (Lipinski definition) is 11. The Labute approximate surface area is 278 Å². The number of aliphatic hydroxyl groups is 2. The summed E-state index contributed by atoms with van der Waals surface area (Å²) in [5.41, 5.74) is 0.383. The van der Waals surface area contributed by atoms with Crippen LogP contribution in [-0.4, -0.2) is 73.8 Å². The minimum atomic E-state index is -1.46. The van der Waals surface area contributed by atoms with Gasteiger partial charge in [0.15, 0.2) is 11.5 Å². The van der Waals surface area contributed by atoms with Crippen LogP contribution in [0.3, 0.4) is 0 Å². The van der Waals surface area contributed by atoms with Gasteiger partial charge in [-0.2, -0.15) is 0 Å². The van der Waals surface area contributed by atoms with Crippen LogP contribution >= 0.6 is 0 Å². The predicted molar refractivity (Wildman–Crippen MR) is 178 cm³/mol. The molecule has 0 saturated carbocycles. The highest BCUT2D eigenvalue weighted by Crippen LogP contribution is 2.41. The molecular formula is C36H41NO11. The number of rotatable bonds is 10. The molecule has 4 unspecified atom stereocenters. The van der Waals surface area contributed by atoms with Crippen LogP contribution in [0.4, 0.5) is 5.69 Å². The fourth-order valence-electron chi connectivity index (χ4n) is 5.84. The second-order valence-corrected chi connectivity index (χ2v) is 12.3. The maximum absolute atomic E-state index is 13.4. The van der Waals surface area contributed by atoms with Gasteiger partial charge in [-0.05, 0) is 82.6 Å². The molecule has 1 aliphatic heterocycles. The zero-order valence-electron chi connectivity index (χ0n) is 28.2. The molecular weight excluding hydrogens is 622 g/mol. The molecule has 3 aromatic carbocycles. The number of carbonyl (C=O) groups excluding carboxylic acids is 1. The van der Waals surface area contributed by atoms with E-state index in [0.717, 1.165) is 5.56 Å². The molecule has 1 aromatic heterocycles. The van der Waals surface area contributed by atoms with E-state index in [2.05, 4.69) is 5.32 Å². The number of aliphatic hydroxyl groups excluding tert-OH is 2. The van der Waals surface area contributed by atoms with Crippen molar-refractivity contribution in [2.24, 2.45) is 0 Å². The van der Waals surface area contributed by atoms with E-state index in [9.17, 15) is 19.8 Å². The first kappa shape index (κ1) is 34.7. The summed E-state index contributed by atoms with van der Waals surface area (Å²) in [7, 11) is 4.53. The molecule has 4 aromatic rings. The van der Waals surface area contributed by atoms with Crippen molar-refractivity contribution < 1.29 is 47.8 Å². The molecule has 12 nitrogen and oxygen atoms in total. The lowest BCUT2D eigenvalue weighted by molar-refractivity contribution is -0.306. The van der Waals surface area contributed by atoms with E-state index in [4.69, 9.17) is 32.8 Å². The third-order valence-electron chi connectivity index (χ3n) is 8.15. The lowest BCUT2D eigenvalue weighted by Gasteiger charge is -2.46. The minimum absolute atomic E-state index is 0.0867. The van der Waals surface area contributed by atoms with Crippen LogP contribution in [-0.2, 0) is 9.47 Å². The molecule has 12 heteroatoms. The summed E-state index contributed by atoms with van der Waals surface area (Å²) in [4.78, 5) is 26.7. The number of methoxy groups -OCH3 is 3. The van der Waals surface area contributed by atoms with Gasteiger partial charge < -0.3 is 48.4 Å². The third-order valence-corrected chi connectivity index (χ3v) is 8.15. The van der Waals surface area contributed by atoms with Gasteiger partial charge in [0.1, 0.15) is 41.1 Å². The van der Waals surface area contributed by atoms with Gasteiger partial charge in [-0.25, -0.2) is 4.79 Å². The number of hydrogen-bond donors (Lipinski definition) is 3. The fraction of sp³-hybridized carbons (Fsp3) is 0.389. The van der Waals surface area contributed by atoms with Gasteiger partial charge in [-0.3, -0.25) is 4.79 Å². The van der Waals surface area contributed by atoms with Crippen molar-refractivity contribution in [1.29, 1.82) is 0 Å². The first-order valence-corrected chi connectivity index (χ1v) is 15.4. The van der Waals surface area contributed by atoms with E-state index in [1.165, 1.54) is 13.2 Å². The molecule has 256 valence electrons. The number of aryl methyl sites for hydroxylation is 1. The van der Waals surface area contributed by atoms with E-state index >= 15 is 0 Å². The normalized spacial score (nSPS) is 20.4. The summed E-state index contributed by atoms with van der Waals surface area (Å²) in [6, 6.07) is 15.4. The Balaban J connectivity index is 1.49. The standard InChI is InChI=1S/C36H41NO11/c1-18(2)45-27-17-22-16-25(37-33(40)21-12-13-26(43-7)24(15-21)20-10-9-11-23(14-20)42-6)34(41)46-30(22)19(3)31(27)47-35-29(39)28(38)32(44-8)36(4,5)48-35/h9-18,28-29,32,35,38-39H,1-8H3,(H,37,40). The monoisotopic (exact) mass is 663 g/mol. The molecule has 3 N–H and O–H groups in total. The molecule has 1 saturated heterocycles. The van der Waals surface area contributed by atoms with E-state index in [0.29, 0.717) is 28.0 Å². The summed E-state index contributed by atoms with van der Waals surface area (Å²) in [6.45, 7) is 8.75. The molecule has 5 rings (SSSR count). The number of fused-ring (bicyclic) bond motifs is 1. The number of benzene rings is 3. The predicted octanol–water partition coefficient (Wildman–Crippen LogP) is 5.08. The lowest BCUT2D eigenvalue weighted by atomic mass is 9.89. The quantitative estimate of drug-likeness (QED) is 0.195. The number of amides is 1. The van der Waals surface area contributed by atoms with Crippen LogP contribution in [0.2, 0.25) is 0 Å². The molecule has 2 heterocycles. The molecule has 48 heavy (non-hydrogen) atoms. The molecule has 0 bridgehead atoms. The Bertz CT molecular complexity index is 1870. The van der Waals surface area contributed by atoms with Crippen LogP contribution in [0, 0.1) is 6.92 Å². The SMILES string of the molecule is COc1cccc(-c2cc(C(=O)Nc3cc4cc(OC(C)C)c(OC5OC(C)(C)C(OC)C(O)C5O)c(C)c4oc3=O)ccc2OC)c1. The molecule has 0 spiro atoms. The van der Waals surface area contributed by atoms with E-state index in [1.807, 2.05) is 38.1 Å². The summed E-state index contributed by atoms with van der Waals surface area (Å²) >= 11 is 0. The number of anilines is 1. The van der Waals surface area contributed by atoms with Crippen molar-refractivity contribution >= 4 is 22.6 Å². The number of carbonyl (C=O) groups is 1. The van der Waals surface area contributed by atoms with Crippen molar-refractivity contribution in [3.63, 3.8) is 0 Å². The average Bonchev–Trinajstić information content (AvgIpc) is 3.05. The summed E-state index contributed by atoms with van der Waals surface area (Å²) in [5, 5.41) is 24.7. The van der Waals surface area contributed by atoms with Gasteiger partial charge >= 0.3 is 5.63 Å². The largest absolute Gasteiger partial charge is 0.497 e. The zero-order chi connectivity index (χ0) is 34.9. The van der Waals surface area contributed by atoms with Gasteiger partial charge in [-0.1, -0.05) is 12.1 Å². The summed E-state index contributed by atoms with van der Waals surface area (Å²) in [5.74, 6) is 1.09. The molecule has 1 fully saturated rings.